The van der Waals surface area contributed by atoms with Crippen LogP contribution in [0.5, 0.6) is 0 Å². The summed E-state index contributed by atoms with van der Waals surface area (Å²) in [5.74, 6) is -0.0241. The minimum absolute atomic E-state index is 0.0300. The van der Waals surface area contributed by atoms with Crippen LogP contribution in [0, 0.1) is 50.2 Å². The Morgan fingerprint density at radius 1 is 0.714 bits per heavy atom. The van der Waals surface area contributed by atoms with Crippen molar-refractivity contribution in [3.8, 4) is 0 Å². The van der Waals surface area contributed by atoms with Crippen LogP contribution in [0.2, 0.25) is 0 Å². The first-order valence-corrected chi connectivity index (χ1v) is 23.6. The van der Waals surface area contributed by atoms with Crippen LogP contribution in [0.25, 0.3) is 0 Å². The van der Waals surface area contributed by atoms with E-state index in [0.29, 0.717) is 18.8 Å². The molecule has 16 heteroatoms. The van der Waals surface area contributed by atoms with Gasteiger partial charge in [0.25, 0.3) is 0 Å². The molecule has 4 saturated carbocycles. The Morgan fingerprint density at radius 3 is 2.06 bits per heavy atom. The number of ether oxygens (including phenoxy) is 6. The smallest absolute Gasteiger partial charge is 0.310 e. The molecule has 0 spiro atoms. The van der Waals surface area contributed by atoms with Crippen molar-refractivity contribution < 1.29 is 79.2 Å². The van der Waals surface area contributed by atoms with Crippen LogP contribution < -0.4 is 0 Å². The number of aliphatic hydroxyl groups excluding tert-OH is 8. The Morgan fingerprint density at radius 2 is 1.38 bits per heavy atom. The third kappa shape index (κ3) is 7.51. The molecule has 360 valence electrons. The maximum Gasteiger partial charge on any atom is 0.310 e. The predicted molar refractivity (Wildman–Crippen MR) is 223 cm³/mol. The first kappa shape index (κ1) is 48.1. The molecule has 0 unspecified atom stereocenters. The average molecular weight is 897 g/mol. The zero-order valence-corrected chi connectivity index (χ0v) is 38.3. The fourth-order valence-corrected chi connectivity index (χ4v) is 14.8. The van der Waals surface area contributed by atoms with Gasteiger partial charge >= 0.3 is 5.97 Å². The highest BCUT2D eigenvalue weighted by Gasteiger charge is 2.70. The molecule has 3 heterocycles. The third-order valence-electron chi connectivity index (χ3n) is 18.9. The molecule has 22 atom stereocenters. The van der Waals surface area contributed by atoms with E-state index in [0.717, 1.165) is 51.4 Å². The maximum absolute atomic E-state index is 13.1. The summed E-state index contributed by atoms with van der Waals surface area (Å²) in [5.41, 5.74) is 0.124. The summed E-state index contributed by atoms with van der Waals surface area (Å²) >= 11 is 0. The Balaban J connectivity index is 1.03. The summed E-state index contributed by atoms with van der Waals surface area (Å²) < 4.78 is 36.7. The predicted octanol–water partition coefficient (Wildman–Crippen LogP) is 2.37. The Kier molecular flexibility index (Phi) is 12.8. The van der Waals surface area contributed by atoms with Crippen LogP contribution in [0.1, 0.15) is 120 Å². The normalized spacial score (nSPS) is 54.1. The minimum atomic E-state index is -1.79. The molecule has 16 nitrogen and oxygen atoms in total. The summed E-state index contributed by atoms with van der Waals surface area (Å²) in [5, 5.41) is 96.7. The Hall–Kier alpha value is -1.35. The van der Waals surface area contributed by atoms with E-state index >= 15 is 0 Å². The molecule has 0 aromatic rings. The highest BCUT2D eigenvalue weighted by molar-refractivity contribution is 5.76. The summed E-state index contributed by atoms with van der Waals surface area (Å²) in [4.78, 5) is 13.1. The first-order valence-electron chi connectivity index (χ1n) is 23.6. The average Bonchev–Trinajstić information content (AvgIpc) is 3.21. The lowest BCUT2D eigenvalue weighted by Crippen LogP contribution is -2.67. The number of carboxylic acids is 1. The zero-order valence-electron chi connectivity index (χ0n) is 38.3. The molecule has 7 fully saturated rings. The van der Waals surface area contributed by atoms with Gasteiger partial charge in [0.15, 0.2) is 18.9 Å². The van der Waals surface area contributed by atoms with Crippen molar-refractivity contribution in [1.82, 2.24) is 0 Å². The lowest BCUT2D eigenvalue weighted by Gasteiger charge is -2.71. The third-order valence-corrected chi connectivity index (χ3v) is 18.9. The molecule has 3 aliphatic heterocycles. The van der Waals surface area contributed by atoms with Crippen LogP contribution in [-0.4, -0.2) is 157 Å². The number of hydrogen-bond acceptors (Lipinski definition) is 15. The lowest BCUT2D eigenvalue weighted by molar-refractivity contribution is -0.392. The van der Waals surface area contributed by atoms with Crippen molar-refractivity contribution in [2.75, 3.05) is 13.2 Å². The van der Waals surface area contributed by atoms with Gasteiger partial charge in [0.1, 0.15) is 61.0 Å². The van der Waals surface area contributed by atoms with Crippen molar-refractivity contribution in [3.63, 3.8) is 0 Å². The highest BCUT2D eigenvalue weighted by atomic mass is 16.8. The fraction of sp³-hybridized carbons (Fsp3) is 0.936. The van der Waals surface area contributed by atoms with E-state index in [2.05, 4.69) is 54.5 Å². The minimum Gasteiger partial charge on any atom is -0.481 e. The molecule has 8 rings (SSSR count). The van der Waals surface area contributed by atoms with Crippen molar-refractivity contribution in [1.29, 1.82) is 0 Å². The Labute approximate surface area is 371 Å². The molecule has 0 aromatic heterocycles. The SMILES string of the molecule is C[C@H]1O[C@@H](O[C@@H]2[C@@H](O[C@@H]3[C@H](O[C@@H]4CC[C@@]5(C)[C@H](CC[C@]6(C)[C@@H]5CC=C5[C@@H]7CC(C)(C)CC[C@]7(C(=O)O)CC[C@@]56C)C4(C)C)OC[C@H](O)[C@@H]3O)O[C@@H](CO)[C@H](O)[C@H]2O)[C@H](O)[C@H](O)[C@@H]1O. The van der Waals surface area contributed by atoms with Gasteiger partial charge in [-0.1, -0.05) is 60.1 Å². The van der Waals surface area contributed by atoms with Gasteiger partial charge in [-0.05, 0) is 116 Å². The highest BCUT2D eigenvalue weighted by Crippen LogP contribution is 2.76. The lowest BCUT2D eigenvalue weighted by atomic mass is 9.33. The second kappa shape index (κ2) is 16.7. The van der Waals surface area contributed by atoms with Crippen LogP contribution in [-0.2, 0) is 33.2 Å². The standard InChI is InChI=1S/C47H76O16/c1-22-30(50)33(53)35(55)38(59-22)62-37-34(54)32(52)26(20-48)60-40(37)63-36-31(51)25(49)21-58-39(36)61-29-12-13-44(6)27(43(29,4)5)11-14-46(8)28(44)10-9-23-24-19-42(2,3)15-17-47(24,41(56)57)18-16-45(23,46)7/h9,22,24-40,48-55H,10-21H2,1-8H3,(H,56,57)/t22-,24+,25+,26+,27-,28-,29-,30-,31+,32+,33-,34-,35-,36+,37+,38+,39+,40-,44+,45+,46-,47+/m1/s1. The molecule has 9 N–H and O–H groups in total. The van der Waals surface area contributed by atoms with E-state index in [-0.39, 0.29) is 46.2 Å². The van der Waals surface area contributed by atoms with Crippen molar-refractivity contribution in [2.45, 2.75) is 212 Å². The fourth-order valence-electron chi connectivity index (χ4n) is 14.8. The molecule has 5 aliphatic carbocycles. The number of allylic oxidation sites excluding steroid dienone is 2. The number of aliphatic carboxylic acids is 1. The molecule has 0 aromatic carbocycles. The molecule has 0 bridgehead atoms. The summed E-state index contributed by atoms with van der Waals surface area (Å²) in [6, 6.07) is 0. The number of rotatable bonds is 8. The molecule has 0 radical (unpaired) electrons. The van der Waals surface area contributed by atoms with Crippen LogP contribution in [0.15, 0.2) is 11.6 Å². The van der Waals surface area contributed by atoms with E-state index in [9.17, 15) is 50.8 Å². The topological polar surface area (TPSA) is 255 Å². The number of aliphatic hydroxyl groups is 8. The van der Waals surface area contributed by atoms with Gasteiger partial charge in [0.05, 0.1) is 30.8 Å². The number of carboxylic acid groups (broad SMARTS) is 1. The van der Waals surface area contributed by atoms with Crippen molar-refractivity contribution in [3.05, 3.63) is 11.6 Å². The van der Waals surface area contributed by atoms with Crippen LogP contribution >= 0.6 is 0 Å². The van der Waals surface area contributed by atoms with Gasteiger partial charge in [-0.15, -0.1) is 0 Å². The molecule has 3 saturated heterocycles. The largest absolute Gasteiger partial charge is 0.481 e. The van der Waals surface area contributed by atoms with E-state index in [1.165, 1.54) is 12.5 Å². The van der Waals surface area contributed by atoms with Gasteiger partial charge in [0, 0.05) is 0 Å². The summed E-state index contributed by atoms with van der Waals surface area (Å²) in [7, 11) is 0. The van der Waals surface area contributed by atoms with Gasteiger partial charge in [-0.3, -0.25) is 4.79 Å². The van der Waals surface area contributed by atoms with Gasteiger partial charge < -0.3 is 74.4 Å². The van der Waals surface area contributed by atoms with Crippen molar-refractivity contribution >= 4 is 5.97 Å². The molecular formula is C47H76O16. The van der Waals surface area contributed by atoms with E-state index in [1.54, 1.807) is 0 Å². The first-order chi connectivity index (χ1) is 29.4. The molecule has 63 heavy (non-hydrogen) atoms. The molecule has 8 aliphatic rings. The second-order valence-corrected chi connectivity index (χ2v) is 23.0. The van der Waals surface area contributed by atoms with E-state index in [4.69, 9.17) is 28.4 Å². The monoisotopic (exact) mass is 897 g/mol. The van der Waals surface area contributed by atoms with Gasteiger partial charge in [0.2, 0.25) is 0 Å². The number of carbonyl (C=O) groups is 1. The van der Waals surface area contributed by atoms with E-state index < -0.39 is 109 Å². The van der Waals surface area contributed by atoms with Gasteiger partial charge in [-0.2, -0.15) is 0 Å². The summed E-state index contributed by atoms with van der Waals surface area (Å²) in [6.45, 7) is 16.9. The molecular weight excluding hydrogens is 821 g/mol. The second-order valence-electron chi connectivity index (χ2n) is 23.0. The molecule has 0 amide bonds. The summed E-state index contributed by atoms with van der Waals surface area (Å²) in [6.07, 6.45) is -10.7. The number of hydrogen-bond donors (Lipinski definition) is 9. The van der Waals surface area contributed by atoms with E-state index in [1.807, 2.05) is 0 Å². The van der Waals surface area contributed by atoms with Crippen LogP contribution in [0.4, 0.5) is 0 Å². The maximum atomic E-state index is 13.1. The number of fused-ring (bicyclic) bond motifs is 7. The quantitative estimate of drug-likeness (QED) is 0.125. The van der Waals surface area contributed by atoms with Crippen LogP contribution in [0.3, 0.4) is 0 Å². The zero-order chi connectivity index (χ0) is 46.0. The van der Waals surface area contributed by atoms with Crippen molar-refractivity contribution in [2.24, 2.45) is 50.2 Å². The Bertz CT molecular complexity index is 1720. The van der Waals surface area contributed by atoms with Gasteiger partial charge in [-0.25, -0.2) is 0 Å².